The van der Waals surface area contributed by atoms with Gasteiger partial charge < -0.3 is 15.2 Å². The molecule has 19 heavy (non-hydrogen) atoms. The summed E-state index contributed by atoms with van der Waals surface area (Å²) in [6.07, 6.45) is 8.58. The van der Waals surface area contributed by atoms with E-state index in [0.717, 1.165) is 45.0 Å². The summed E-state index contributed by atoms with van der Waals surface area (Å²) < 4.78 is 6.06. The minimum atomic E-state index is 0.141. The van der Waals surface area contributed by atoms with Crippen LogP contribution in [0.2, 0.25) is 0 Å². The fraction of sp³-hybridized carbons (Fsp3) is 1.00. The molecular formula is C15H30N2O2. The predicted molar refractivity (Wildman–Crippen MR) is 77.1 cm³/mol. The Hall–Kier alpha value is -0.160. The molecule has 2 heterocycles. The van der Waals surface area contributed by atoms with Crippen LogP contribution in [0.5, 0.6) is 0 Å². The Bertz CT molecular complexity index is 226. The second-order valence-electron chi connectivity index (χ2n) is 5.94. The second-order valence-corrected chi connectivity index (χ2v) is 5.94. The van der Waals surface area contributed by atoms with Crippen LogP contribution in [0.25, 0.3) is 0 Å². The molecule has 0 aromatic rings. The van der Waals surface area contributed by atoms with Crippen LogP contribution in [0.15, 0.2) is 0 Å². The van der Waals surface area contributed by atoms with Gasteiger partial charge in [-0.1, -0.05) is 6.42 Å². The predicted octanol–water partition coefficient (Wildman–Crippen LogP) is 1.59. The van der Waals surface area contributed by atoms with E-state index in [-0.39, 0.29) is 12.8 Å². The molecule has 0 radical (unpaired) electrons. The lowest BCUT2D eigenvalue weighted by Gasteiger charge is -2.34. The zero-order valence-corrected chi connectivity index (χ0v) is 12.1. The van der Waals surface area contributed by atoms with E-state index in [2.05, 4.69) is 10.2 Å². The maximum Gasteiger partial charge on any atom is 0.112 e. The SMILES string of the molecule is OCCC(OCCC1CCCNC1)N1CCCCC1. The fourth-order valence-corrected chi connectivity index (χ4v) is 3.23. The number of aliphatic hydroxyl groups excluding tert-OH is 1. The second kappa shape index (κ2) is 8.90. The molecule has 2 N–H and O–H groups in total. The molecule has 4 heteroatoms. The number of hydrogen-bond donors (Lipinski definition) is 2. The quantitative estimate of drug-likeness (QED) is 0.737. The Morgan fingerprint density at radius 3 is 2.74 bits per heavy atom. The first kappa shape index (κ1) is 15.2. The van der Waals surface area contributed by atoms with Crippen LogP contribution in [0.4, 0.5) is 0 Å². The molecule has 0 bridgehead atoms. The van der Waals surface area contributed by atoms with Crippen molar-refractivity contribution in [2.75, 3.05) is 39.4 Å². The largest absolute Gasteiger partial charge is 0.396 e. The summed E-state index contributed by atoms with van der Waals surface area (Å²) >= 11 is 0. The third-order valence-electron chi connectivity index (χ3n) is 4.41. The molecule has 0 aromatic carbocycles. The molecule has 0 aliphatic carbocycles. The van der Waals surface area contributed by atoms with Crippen molar-refractivity contribution < 1.29 is 9.84 Å². The lowest BCUT2D eigenvalue weighted by Crippen LogP contribution is -2.42. The summed E-state index contributed by atoms with van der Waals surface area (Å²) in [6.45, 7) is 5.67. The number of ether oxygens (including phenoxy) is 1. The highest BCUT2D eigenvalue weighted by atomic mass is 16.5. The highest BCUT2D eigenvalue weighted by Gasteiger charge is 2.21. The van der Waals surface area contributed by atoms with Gasteiger partial charge in [-0.3, -0.25) is 4.90 Å². The summed E-state index contributed by atoms with van der Waals surface area (Å²) in [5.74, 6) is 0.782. The third kappa shape index (κ3) is 5.38. The molecule has 2 saturated heterocycles. The molecular weight excluding hydrogens is 240 g/mol. The average Bonchev–Trinajstić information content (AvgIpc) is 2.48. The van der Waals surface area contributed by atoms with Crippen LogP contribution < -0.4 is 5.32 Å². The van der Waals surface area contributed by atoms with E-state index in [0.29, 0.717) is 0 Å². The molecule has 4 nitrogen and oxygen atoms in total. The molecule has 0 spiro atoms. The number of aliphatic hydroxyl groups is 1. The highest BCUT2D eigenvalue weighted by Crippen LogP contribution is 2.18. The van der Waals surface area contributed by atoms with E-state index in [1.54, 1.807) is 0 Å². The summed E-state index contributed by atoms with van der Waals surface area (Å²) in [4.78, 5) is 2.42. The number of nitrogens with one attached hydrogen (secondary N) is 1. The number of hydrogen-bond acceptors (Lipinski definition) is 4. The van der Waals surface area contributed by atoms with Crippen molar-refractivity contribution in [2.24, 2.45) is 5.92 Å². The average molecular weight is 270 g/mol. The Kier molecular flexibility index (Phi) is 7.14. The normalized spacial score (nSPS) is 27.3. The van der Waals surface area contributed by atoms with E-state index in [9.17, 15) is 5.11 Å². The summed E-state index contributed by atoms with van der Waals surface area (Å²) in [5, 5.41) is 12.7. The Morgan fingerprint density at radius 2 is 2.05 bits per heavy atom. The van der Waals surface area contributed by atoms with Gasteiger partial charge >= 0.3 is 0 Å². The van der Waals surface area contributed by atoms with Gasteiger partial charge in [-0.15, -0.1) is 0 Å². The Labute approximate surface area is 117 Å². The molecule has 0 saturated carbocycles. The van der Waals surface area contributed by atoms with Crippen LogP contribution in [0, 0.1) is 5.92 Å². The van der Waals surface area contributed by atoms with Gasteiger partial charge in [-0.25, -0.2) is 0 Å². The monoisotopic (exact) mass is 270 g/mol. The molecule has 2 rings (SSSR count). The first-order valence-electron chi connectivity index (χ1n) is 8.07. The van der Waals surface area contributed by atoms with Crippen molar-refractivity contribution in [3.63, 3.8) is 0 Å². The zero-order chi connectivity index (χ0) is 13.3. The van der Waals surface area contributed by atoms with Gasteiger partial charge in [-0.05, 0) is 51.1 Å². The fourth-order valence-electron chi connectivity index (χ4n) is 3.23. The van der Waals surface area contributed by atoms with Gasteiger partial charge in [0.15, 0.2) is 0 Å². The maximum atomic E-state index is 9.20. The van der Waals surface area contributed by atoms with Crippen LogP contribution >= 0.6 is 0 Å². The summed E-state index contributed by atoms with van der Waals surface area (Å²) in [6, 6.07) is 0. The zero-order valence-electron chi connectivity index (χ0n) is 12.1. The number of rotatable bonds is 7. The topological polar surface area (TPSA) is 44.7 Å². The van der Waals surface area contributed by atoms with Crippen molar-refractivity contribution in [1.29, 1.82) is 0 Å². The van der Waals surface area contributed by atoms with Crippen LogP contribution in [0.1, 0.15) is 44.9 Å². The molecule has 2 atom stereocenters. The van der Waals surface area contributed by atoms with Gasteiger partial charge in [0.1, 0.15) is 6.23 Å². The van der Waals surface area contributed by atoms with Crippen molar-refractivity contribution in [1.82, 2.24) is 10.2 Å². The van der Waals surface area contributed by atoms with Crippen molar-refractivity contribution in [3.05, 3.63) is 0 Å². The first-order chi connectivity index (χ1) is 9.40. The van der Waals surface area contributed by atoms with E-state index in [1.165, 1.54) is 38.6 Å². The molecule has 0 amide bonds. The van der Waals surface area contributed by atoms with Gasteiger partial charge in [0, 0.05) is 32.7 Å². The van der Waals surface area contributed by atoms with Crippen LogP contribution in [0.3, 0.4) is 0 Å². The van der Waals surface area contributed by atoms with Crippen molar-refractivity contribution in [2.45, 2.75) is 51.2 Å². The number of piperidine rings is 2. The lowest BCUT2D eigenvalue weighted by molar-refractivity contribution is -0.0809. The molecule has 2 fully saturated rings. The molecule has 2 aliphatic heterocycles. The van der Waals surface area contributed by atoms with E-state index >= 15 is 0 Å². The van der Waals surface area contributed by atoms with Gasteiger partial charge in [0.2, 0.25) is 0 Å². The smallest absolute Gasteiger partial charge is 0.112 e. The number of nitrogens with zero attached hydrogens (tertiary/aromatic N) is 1. The number of likely N-dealkylation sites (tertiary alicyclic amines) is 1. The molecule has 0 aromatic heterocycles. The Morgan fingerprint density at radius 1 is 1.21 bits per heavy atom. The maximum absolute atomic E-state index is 9.20. The first-order valence-corrected chi connectivity index (χ1v) is 8.07. The van der Waals surface area contributed by atoms with E-state index in [4.69, 9.17) is 4.74 Å². The van der Waals surface area contributed by atoms with Gasteiger partial charge in [-0.2, -0.15) is 0 Å². The van der Waals surface area contributed by atoms with Gasteiger partial charge in [0.05, 0.1) is 0 Å². The van der Waals surface area contributed by atoms with Crippen LogP contribution in [-0.2, 0) is 4.74 Å². The minimum Gasteiger partial charge on any atom is -0.396 e. The lowest BCUT2D eigenvalue weighted by atomic mass is 9.97. The van der Waals surface area contributed by atoms with Gasteiger partial charge in [0.25, 0.3) is 0 Å². The molecule has 112 valence electrons. The highest BCUT2D eigenvalue weighted by molar-refractivity contribution is 4.71. The standard InChI is InChI=1S/C15H30N2O2/c18-11-6-15(17-9-2-1-3-10-17)19-12-7-14-5-4-8-16-13-14/h14-16,18H,1-13H2. The van der Waals surface area contributed by atoms with Crippen molar-refractivity contribution >= 4 is 0 Å². The Balaban J connectivity index is 1.66. The third-order valence-corrected chi connectivity index (χ3v) is 4.41. The summed E-state index contributed by atoms with van der Waals surface area (Å²) in [5.41, 5.74) is 0. The molecule has 2 unspecified atom stereocenters. The minimum absolute atomic E-state index is 0.141. The van der Waals surface area contributed by atoms with Crippen LogP contribution in [-0.4, -0.2) is 55.6 Å². The summed E-state index contributed by atoms with van der Waals surface area (Å²) in [7, 11) is 0. The van der Waals surface area contributed by atoms with E-state index < -0.39 is 0 Å². The van der Waals surface area contributed by atoms with Crippen molar-refractivity contribution in [3.8, 4) is 0 Å². The molecule has 2 aliphatic rings. The van der Waals surface area contributed by atoms with E-state index in [1.807, 2.05) is 0 Å².